The van der Waals surface area contributed by atoms with Crippen molar-refractivity contribution in [2.75, 3.05) is 36.4 Å². The van der Waals surface area contributed by atoms with Gasteiger partial charge in [0.05, 0.1) is 21.3 Å². The highest BCUT2D eigenvalue weighted by atomic mass is 35.5. The molecular formula is C21H21ClN8O2S. The Balaban J connectivity index is 1.52. The molecule has 1 saturated heterocycles. The predicted molar refractivity (Wildman–Crippen MR) is 125 cm³/mol. The maximum atomic E-state index is 13.0. The van der Waals surface area contributed by atoms with Crippen LogP contribution >= 0.6 is 11.6 Å². The fraction of sp³-hybridized carbons (Fsp3) is 0.238. The lowest BCUT2D eigenvalue weighted by atomic mass is 10.2. The second-order valence-electron chi connectivity index (χ2n) is 7.39. The van der Waals surface area contributed by atoms with Crippen molar-refractivity contribution in [1.29, 1.82) is 5.26 Å². The van der Waals surface area contributed by atoms with Gasteiger partial charge in [-0.15, -0.1) is 10.2 Å². The van der Waals surface area contributed by atoms with Crippen LogP contribution in [0.4, 0.5) is 11.4 Å². The van der Waals surface area contributed by atoms with E-state index in [2.05, 4.69) is 25.9 Å². The van der Waals surface area contributed by atoms with E-state index in [0.29, 0.717) is 36.9 Å². The molecule has 1 aliphatic rings. The summed E-state index contributed by atoms with van der Waals surface area (Å²) in [6.07, 6.45) is 1.48. The minimum Gasteiger partial charge on any atom is -0.366 e. The molecule has 4 rings (SSSR count). The lowest BCUT2D eigenvalue weighted by Crippen LogP contribution is -2.48. The highest BCUT2D eigenvalue weighted by Gasteiger charge is 2.29. The van der Waals surface area contributed by atoms with Crippen LogP contribution in [0.2, 0.25) is 5.02 Å². The first kappa shape index (κ1) is 22.7. The number of anilines is 2. The Kier molecular flexibility index (Phi) is 6.60. The van der Waals surface area contributed by atoms with E-state index in [1.807, 2.05) is 24.0 Å². The van der Waals surface area contributed by atoms with Crippen molar-refractivity contribution in [3.05, 3.63) is 65.1 Å². The summed E-state index contributed by atoms with van der Waals surface area (Å²) in [6.45, 7) is 3.49. The average Bonchev–Trinajstić information content (AvgIpc) is 3.35. The van der Waals surface area contributed by atoms with Crippen LogP contribution in [0, 0.1) is 18.3 Å². The number of allylic oxidation sites excluding steroid dienone is 1. The van der Waals surface area contributed by atoms with Crippen molar-refractivity contribution in [2.24, 2.45) is 0 Å². The molecule has 2 heterocycles. The number of benzene rings is 2. The molecule has 0 amide bonds. The zero-order valence-electron chi connectivity index (χ0n) is 17.7. The summed E-state index contributed by atoms with van der Waals surface area (Å²) in [5.74, 6) is 0.170. The average molecular weight is 485 g/mol. The molecule has 1 aliphatic heterocycles. The fourth-order valence-electron chi connectivity index (χ4n) is 3.54. The molecule has 12 heteroatoms. The number of hydrogen-bond donors (Lipinski definition) is 2. The molecule has 0 radical (unpaired) electrons. The molecule has 1 aromatic heterocycles. The third-order valence-corrected chi connectivity index (χ3v) is 7.50. The Bertz CT molecular complexity index is 1290. The van der Waals surface area contributed by atoms with E-state index in [1.54, 1.807) is 36.4 Å². The molecule has 0 spiro atoms. The van der Waals surface area contributed by atoms with Crippen LogP contribution in [-0.4, -0.2) is 59.5 Å². The lowest BCUT2D eigenvalue weighted by Gasteiger charge is -2.36. The van der Waals surface area contributed by atoms with Gasteiger partial charge in [-0.3, -0.25) is 0 Å². The Morgan fingerprint density at radius 1 is 1.18 bits per heavy atom. The van der Waals surface area contributed by atoms with Crippen LogP contribution in [0.5, 0.6) is 0 Å². The Morgan fingerprint density at radius 3 is 2.55 bits per heavy atom. The van der Waals surface area contributed by atoms with Gasteiger partial charge in [-0.2, -0.15) is 14.8 Å². The Morgan fingerprint density at radius 2 is 1.91 bits per heavy atom. The molecule has 170 valence electrons. The second kappa shape index (κ2) is 9.58. The molecule has 10 nitrogen and oxygen atoms in total. The van der Waals surface area contributed by atoms with E-state index in [9.17, 15) is 13.7 Å². The number of rotatable bonds is 6. The summed E-state index contributed by atoms with van der Waals surface area (Å²) in [7, 11) is -3.56. The smallest absolute Gasteiger partial charge is 0.243 e. The topological polar surface area (TPSA) is 131 Å². The molecule has 2 aromatic carbocycles. The maximum absolute atomic E-state index is 13.0. The number of aromatic amines is 1. The minimum absolute atomic E-state index is 0.170. The number of sulfonamides is 1. The largest absolute Gasteiger partial charge is 0.366 e. The number of nitriles is 1. The quantitative estimate of drug-likeness (QED) is 0.510. The number of halogens is 1. The molecular weight excluding hydrogens is 464 g/mol. The molecule has 3 aromatic rings. The Hall–Kier alpha value is -3.46. The summed E-state index contributed by atoms with van der Waals surface area (Å²) in [5.41, 5.74) is 2.61. The van der Waals surface area contributed by atoms with Gasteiger partial charge in [0.25, 0.3) is 0 Å². The van der Waals surface area contributed by atoms with Crippen LogP contribution in [0.25, 0.3) is 5.57 Å². The number of para-hydroxylation sites is 1. The van der Waals surface area contributed by atoms with E-state index in [4.69, 9.17) is 11.6 Å². The normalized spacial score (nSPS) is 15.3. The first-order valence-electron chi connectivity index (χ1n) is 10.1. The van der Waals surface area contributed by atoms with Gasteiger partial charge in [0, 0.05) is 32.4 Å². The monoisotopic (exact) mass is 484 g/mol. The van der Waals surface area contributed by atoms with Crippen LogP contribution in [0.1, 0.15) is 11.4 Å². The number of piperazine rings is 1. The van der Waals surface area contributed by atoms with Crippen LogP contribution in [-0.2, 0) is 10.0 Å². The van der Waals surface area contributed by atoms with Crippen molar-refractivity contribution in [2.45, 2.75) is 11.8 Å². The molecule has 0 atom stereocenters. The third-order valence-electron chi connectivity index (χ3n) is 5.28. The fourth-order valence-corrected chi connectivity index (χ4v) is 5.25. The number of H-pyrrole nitrogens is 1. The van der Waals surface area contributed by atoms with Crippen LogP contribution < -0.4 is 10.2 Å². The van der Waals surface area contributed by atoms with Crippen LogP contribution in [0.3, 0.4) is 0 Å². The second-order valence-corrected chi connectivity index (χ2v) is 9.73. The number of nitrogens with one attached hydrogen (secondary N) is 2. The molecule has 0 bridgehead atoms. The van der Waals surface area contributed by atoms with E-state index in [0.717, 1.165) is 11.3 Å². The van der Waals surface area contributed by atoms with Gasteiger partial charge >= 0.3 is 0 Å². The minimum atomic E-state index is -3.56. The molecule has 2 N–H and O–H groups in total. The van der Waals surface area contributed by atoms with Gasteiger partial charge in [-0.05, 0) is 36.4 Å². The standard InChI is InChI=1S/C21H21ClN8O2S/c1-15-5-7-17(8-6-15)33(31,32)30-11-9-29(10-12-30)20-18(22)3-2-4-19(20)24-14-16(13-23)21-25-27-28-26-21/h2-8,14,24H,9-12H2,1H3,(H,25,26,27,28). The van der Waals surface area contributed by atoms with E-state index in [1.165, 1.54) is 10.5 Å². The van der Waals surface area contributed by atoms with Crippen molar-refractivity contribution in [3.63, 3.8) is 0 Å². The van der Waals surface area contributed by atoms with E-state index >= 15 is 0 Å². The first-order valence-corrected chi connectivity index (χ1v) is 11.9. The zero-order valence-corrected chi connectivity index (χ0v) is 19.3. The van der Waals surface area contributed by atoms with Crippen molar-refractivity contribution >= 4 is 38.6 Å². The molecule has 1 fully saturated rings. The van der Waals surface area contributed by atoms with E-state index < -0.39 is 10.0 Å². The number of hydrogen-bond acceptors (Lipinski definition) is 8. The van der Waals surface area contributed by atoms with Gasteiger partial charge in [0.2, 0.25) is 15.8 Å². The van der Waals surface area contributed by atoms with Crippen LogP contribution in [0.15, 0.2) is 53.6 Å². The summed E-state index contributed by atoms with van der Waals surface area (Å²) in [6, 6.07) is 14.3. The third kappa shape index (κ3) is 4.83. The highest BCUT2D eigenvalue weighted by Crippen LogP contribution is 2.35. The summed E-state index contributed by atoms with van der Waals surface area (Å²) < 4.78 is 27.5. The molecule has 0 aliphatic carbocycles. The first-order chi connectivity index (χ1) is 15.9. The van der Waals surface area contributed by atoms with Gasteiger partial charge in [-0.1, -0.05) is 35.4 Å². The number of aromatic nitrogens is 4. The SMILES string of the molecule is Cc1ccc(S(=O)(=O)N2CCN(c3c(Cl)cccc3NC=C(C#N)c3nn[nH]n3)CC2)cc1. The summed E-state index contributed by atoms with van der Waals surface area (Å²) in [4.78, 5) is 2.32. The van der Waals surface area contributed by atoms with Gasteiger partial charge < -0.3 is 10.2 Å². The number of nitrogens with zero attached hydrogens (tertiary/aromatic N) is 6. The number of aryl methyl sites for hydroxylation is 1. The maximum Gasteiger partial charge on any atom is 0.243 e. The van der Waals surface area contributed by atoms with Crippen molar-refractivity contribution in [1.82, 2.24) is 24.9 Å². The predicted octanol–water partition coefficient (Wildman–Crippen LogP) is 2.65. The molecule has 0 saturated carbocycles. The van der Waals surface area contributed by atoms with Gasteiger partial charge in [-0.25, -0.2) is 8.42 Å². The number of tetrazole rings is 1. The van der Waals surface area contributed by atoms with Crippen molar-refractivity contribution in [3.8, 4) is 6.07 Å². The lowest BCUT2D eigenvalue weighted by molar-refractivity contribution is 0.385. The van der Waals surface area contributed by atoms with Gasteiger partial charge in [0.15, 0.2) is 0 Å². The highest BCUT2D eigenvalue weighted by molar-refractivity contribution is 7.89. The molecule has 33 heavy (non-hydrogen) atoms. The van der Waals surface area contributed by atoms with Gasteiger partial charge in [0.1, 0.15) is 11.6 Å². The Labute approximate surface area is 196 Å². The van der Waals surface area contributed by atoms with E-state index in [-0.39, 0.29) is 16.3 Å². The summed E-state index contributed by atoms with van der Waals surface area (Å²) >= 11 is 6.51. The molecule has 0 unspecified atom stereocenters. The van der Waals surface area contributed by atoms with Crippen molar-refractivity contribution < 1.29 is 8.42 Å². The summed E-state index contributed by atoms with van der Waals surface area (Å²) in [5, 5.41) is 26.4. The zero-order chi connectivity index (χ0) is 23.4.